The smallest absolute Gasteiger partial charge is 0.405 e. The number of hydrogen-bond acceptors (Lipinski definition) is 4. The Balaban J connectivity index is 0.000000342. The van der Waals surface area contributed by atoms with E-state index >= 15 is 0 Å². The van der Waals surface area contributed by atoms with Crippen molar-refractivity contribution in [3.8, 4) is 0 Å². The molecular formula is C18H21N5O3. The lowest BCUT2D eigenvalue weighted by Gasteiger charge is -2.16. The molecule has 136 valence electrons. The third-order valence-corrected chi connectivity index (χ3v) is 3.29. The summed E-state index contributed by atoms with van der Waals surface area (Å²) in [7, 11) is 0. The molecule has 8 nitrogen and oxygen atoms in total. The molecule has 5 N–H and O–H groups in total. The molecule has 0 bridgehead atoms. The summed E-state index contributed by atoms with van der Waals surface area (Å²) < 4.78 is 7.86. The molecule has 2 heterocycles. The fourth-order valence-electron chi connectivity index (χ4n) is 2.11. The topological polar surface area (TPSA) is 117 Å². The monoisotopic (exact) mass is 355 g/mol. The first-order valence-electron chi connectivity index (χ1n) is 7.86. The van der Waals surface area contributed by atoms with Crippen LogP contribution < -0.4 is 17.0 Å². The van der Waals surface area contributed by atoms with E-state index in [1.165, 1.54) is 9.35 Å². The molecule has 1 unspecified atom stereocenters. The third-order valence-electron chi connectivity index (χ3n) is 3.29. The normalized spacial score (nSPS) is 10.9. The van der Waals surface area contributed by atoms with Crippen LogP contribution in [0.25, 0.3) is 0 Å². The molecule has 3 rings (SSSR count). The Kier molecular flexibility index (Phi) is 6.87. The lowest BCUT2D eigenvalue weighted by Crippen LogP contribution is -2.38. The van der Waals surface area contributed by atoms with Crippen LogP contribution in [0.2, 0.25) is 0 Å². The molecule has 1 aromatic carbocycles. The number of amides is 2. The van der Waals surface area contributed by atoms with Crippen molar-refractivity contribution in [2.45, 2.75) is 12.5 Å². The molecule has 0 fully saturated rings. The second-order valence-electron chi connectivity index (χ2n) is 5.31. The first kappa shape index (κ1) is 18.7. The van der Waals surface area contributed by atoms with Crippen molar-refractivity contribution in [1.82, 2.24) is 9.35 Å². The molecule has 0 radical (unpaired) electrons. The predicted molar refractivity (Wildman–Crippen MR) is 98.0 cm³/mol. The standard InChI is InChI=1S/C14H15N3O3.C4H6N2/c15-14(19)20-12(10-11-6-2-1-3-7-11)13(18)16-17-8-4-5-9-17;5-6-3-1-2-4-6/h1-9,12H,10H2,(H2,15,19)(H,16,18);1-4H,5H2. The van der Waals surface area contributed by atoms with E-state index in [1.807, 2.05) is 42.5 Å². The second kappa shape index (κ2) is 9.58. The summed E-state index contributed by atoms with van der Waals surface area (Å²) in [5.41, 5.74) is 8.48. The Bertz CT molecular complexity index is 786. The van der Waals surface area contributed by atoms with E-state index in [0.717, 1.165) is 5.56 Å². The summed E-state index contributed by atoms with van der Waals surface area (Å²) in [4.78, 5) is 23.0. The predicted octanol–water partition coefficient (Wildman–Crippen LogP) is 1.47. The number of primary amides is 1. The molecule has 0 aliphatic carbocycles. The van der Waals surface area contributed by atoms with Gasteiger partial charge in [0, 0.05) is 31.2 Å². The van der Waals surface area contributed by atoms with Crippen molar-refractivity contribution in [3.63, 3.8) is 0 Å². The van der Waals surface area contributed by atoms with E-state index in [9.17, 15) is 9.59 Å². The molecule has 0 aliphatic rings. The number of nitrogens with one attached hydrogen (secondary N) is 1. The number of carbonyl (C=O) groups is 2. The van der Waals surface area contributed by atoms with Crippen LogP contribution in [0.3, 0.4) is 0 Å². The van der Waals surface area contributed by atoms with Crippen molar-refractivity contribution in [3.05, 3.63) is 84.9 Å². The zero-order valence-corrected chi connectivity index (χ0v) is 14.1. The van der Waals surface area contributed by atoms with Gasteiger partial charge < -0.3 is 16.3 Å². The quantitative estimate of drug-likeness (QED) is 0.601. The number of ether oxygens (including phenoxy) is 1. The van der Waals surface area contributed by atoms with Gasteiger partial charge in [0.05, 0.1) is 0 Å². The van der Waals surface area contributed by atoms with Crippen LogP contribution in [0.1, 0.15) is 5.56 Å². The van der Waals surface area contributed by atoms with Gasteiger partial charge in [-0.25, -0.2) is 4.79 Å². The molecular weight excluding hydrogens is 334 g/mol. The molecule has 2 aromatic heterocycles. The molecule has 8 heteroatoms. The van der Waals surface area contributed by atoms with Crippen molar-refractivity contribution in [2.24, 2.45) is 5.73 Å². The molecule has 0 saturated carbocycles. The SMILES string of the molecule is NC(=O)OC(Cc1ccccc1)C(=O)Nn1cccc1.Nn1cccc1. The first-order chi connectivity index (χ1) is 12.5. The van der Waals surface area contributed by atoms with Gasteiger partial charge in [-0.05, 0) is 29.8 Å². The minimum atomic E-state index is -0.978. The van der Waals surface area contributed by atoms with Crippen LogP contribution in [0.4, 0.5) is 4.79 Å². The van der Waals surface area contributed by atoms with E-state index in [4.69, 9.17) is 16.3 Å². The summed E-state index contributed by atoms with van der Waals surface area (Å²) in [5.74, 6) is 4.75. The molecule has 0 spiro atoms. The highest BCUT2D eigenvalue weighted by Gasteiger charge is 2.22. The molecule has 26 heavy (non-hydrogen) atoms. The molecule has 3 aromatic rings. The van der Waals surface area contributed by atoms with Crippen molar-refractivity contribution in [1.29, 1.82) is 0 Å². The van der Waals surface area contributed by atoms with Crippen LogP contribution in [-0.4, -0.2) is 27.5 Å². The van der Waals surface area contributed by atoms with Gasteiger partial charge in [-0.2, -0.15) is 0 Å². The number of carbonyl (C=O) groups excluding carboxylic acids is 2. The maximum Gasteiger partial charge on any atom is 0.405 e. The highest BCUT2D eigenvalue weighted by atomic mass is 16.6. The second-order valence-corrected chi connectivity index (χ2v) is 5.31. The number of nitrogens with two attached hydrogens (primary N) is 2. The molecule has 0 saturated heterocycles. The summed E-state index contributed by atoms with van der Waals surface area (Å²) >= 11 is 0. The van der Waals surface area contributed by atoms with Crippen LogP contribution in [-0.2, 0) is 16.0 Å². The Morgan fingerprint density at radius 3 is 2.04 bits per heavy atom. The van der Waals surface area contributed by atoms with Crippen LogP contribution in [0.15, 0.2) is 79.4 Å². The third kappa shape index (κ3) is 6.44. The number of nitrogen functional groups attached to an aromatic ring is 1. The average molecular weight is 355 g/mol. The Hall–Kier alpha value is -3.68. The van der Waals surface area contributed by atoms with Crippen LogP contribution in [0.5, 0.6) is 0 Å². The number of rotatable bonds is 5. The van der Waals surface area contributed by atoms with Crippen molar-refractivity contribution in [2.75, 3.05) is 11.3 Å². The zero-order valence-electron chi connectivity index (χ0n) is 14.1. The molecule has 1 atom stereocenters. The van der Waals surface area contributed by atoms with Gasteiger partial charge in [-0.3, -0.25) is 19.6 Å². The van der Waals surface area contributed by atoms with E-state index in [2.05, 4.69) is 5.43 Å². The van der Waals surface area contributed by atoms with Gasteiger partial charge in [0.25, 0.3) is 5.91 Å². The van der Waals surface area contributed by atoms with Gasteiger partial charge in [0.2, 0.25) is 0 Å². The van der Waals surface area contributed by atoms with E-state index < -0.39 is 18.1 Å². The highest BCUT2D eigenvalue weighted by Crippen LogP contribution is 2.07. The first-order valence-corrected chi connectivity index (χ1v) is 7.86. The van der Waals surface area contributed by atoms with Gasteiger partial charge in [-0.1, -0.05) is 30.3 Å². The van der Waals surface area contributed by atoms with Gasteiger partial charge in [0.15, 0.2) is 6.10 Å². The summed E-state index contributed by atoms with van der Waals surface area (Å²) in [6.07, 6.45) is 5.20. The fourth-order valence-corrected chi connectivity index (χ4v) is 2.11. The van der Waals surface area contributed by atoms with Gasteiger partial charge in [0.1, 0.15) is 0 Å². The van der Waals surface area contributed by atoms with Gasteiger partial charge in [-0.15, -0.1) is 0 Å². The lowest BCUT2D eigenvalue weighted by atomic mass is 10.1. The Morgan fingerprint density at radius 1 is 0.962 bits per heavy atom. The van der Waals surface area contributed by atoms with Crippen molar-refractivity contribution < 1.29 is 14.3 Å². The van der Waals surface area contributed by atoms with Crippen LogP contribution >= 0.6 is 0 Å². The zero-order chi connectivity index (χ0) is 18.8. The number of aromatic nitrogens is 2. The number of benzene rings is 1. The van der Waals surface area contributed by atoms with Crippen LogP contribution in [0, 0.1) is 0 Å². The average Bonchev–Trinajstić information content (AvgIpc) is 3.29. The molecule has 2 amide bonds. The molecule has 0 aliphatic heterocycles. The Labute approximate surface area is 150 Å². The van der Waals surface area contributed by atoms with Crippen molar-refractivity contribution >= 4 is 12.0 Å². The largest absolute Gasteiger partial charge is 0.436 e. The fraction of sp³-hybridized carbons (Fsp3) is 0.111. The van der Waals surface area contributed by atoms with E-state index in [1.54, 1.807) is 36.9 Å². The van der Waals surface area contributed by atoms with E-state index in [0.29, 0.717) is 0 Å². The highest BCUT2D eigenvalue weighted by molar-refractivity contribution is 5.89. The summed E-state index contributed by atoms with van der Waals surface area (Å²) in [6.45, 7) is 0. The van der Waals surface area contributed by atoms with E-state index in [-0.39, 0.29) is 6.42 Å². The minimum Gasteiger partial charge on any atom is -0.436 e. The number of hydrogen-bond donors (Lipinski definition) is 3. The lowest BCUT2D eigenvalue weighted by molar-refractivity contribution is -0.125. The Morgan fingerprint density at radius 2 is 1.54 bits per heavy atom. The maximum atomic E-state index is 12.1. The summed E-state index contributed by atoms with van der Waals surface area (Å²) in [5, 5.41) is 0. The summed E-state index contributed by atoms with van der Waals surface area (Å²) in [6, 6.07) is 16.5. The minimum absolute atomic E-state index is 0.261. The maximum absolute atomic E-state index is 12.1. The number of nitrogens with zero attached hydrogens (tertiary/aromatic N) is 2. The van der Waals surface area contributed by atoms with Gasteiger partial charge >= 0.3 is 6.09 Å².